The molecule has 6 N–H and O–H groups in total. The fraction of sp³-hybridized carbons (Fsp3) is 0.600. The quantitative estimate of drug-likeness (QED) is 0.0927. The number of carbonyl (C=O) groups is 6. The predicted molar refractivity (Wildman–Crippen MR) is 133 cm³/mol. The van der Waals surface area contributed by atoms with Gasteiger partial charge in [-0.1, -0.05) is 0 Å². The molecule has 18 heteroatoms. The summed E-state index contributed by atoms with van der Waals surface area (Å²) in [5.41, 5.74) is 0. The zero-order valence-electron chi connectivity index (χ0n) is 22.8. The molecule has 38 heavy (non-hydrogen) atoms. The van der Waals surface area contributed by atoms with Crippen molar-refractivity contribution in [3.05, 3.63) is 0 Å². The zero-order valence-corrected chi connectivity index (χ0v) is 22.8. The Hall–Kier alpha value is -4.64. The van der Waals surface area contributed by atoms with Crippen LogP contribution < -0.4 is 10.6 Å². The topological polar surface area (TPSA) is 234 Å². The molecule has 0 bridgehead atoms. The van der Waals surface area contributed by atoms with Crippen molar-refractivity contribution in [3.8, 4) is 0 Å². The molecule has 2 aliphatic heterocycles. The average molecular weight is 545 g/mol. The Morgan fingerprint density at radius 3 is 1.08 bits per heavy atom. The first-order chi connectivity index (χ1) is 17.3. The van der Waals surface area contributed by atoms with E-state index in [9.17, 15) is 28.8 Å². The molecule has 0 spiro atoms. The summed E-state index contributed by atoms with van der Waals surface area (Å²) >= 11 is 0. The molecule has 2 rings (SSSR count). The van der Waals surface area contributed by atoms with Crippen molar-refractivity contribution < 1.29 is 39.0 Å². The number of aliphatic carboxylic acids is 2. The maximum atomic E-state index is 11.7. The molecule has 0 aliphatic carbocycles. The Balaban J connectivity index is 0.000000705. The van der Waals surface area contributed by atoms with Crippen LogP contribution in [-0.2, 0) is 19.2 Å². The third-order valence-corrected chi connectivity index (χ3v) is 4.95. The minimum atomic E-state index is -1.93. The summed E-state index contributed by atoms with van der Waals surface area (Å²) in [6.07, 6.45) is -1.46. The minimum Gasteiger partial charge on any atom is -0.479 e. The highest BCUT2D eigenvalue weighted by atomic mass is 16.4. The summed E-state index contributed by atoms with van der Waals surface area (Å²) < 4.78 is 0. The Bertz CT molecular complexity index is 885. The van der Waals surface area contributed by atoms with Gasteiger partial charge in [0, 0.05) is 56.4 Å². The van der Waals surface area contributed by atoms with E-state index in [1.54, 1.807) is 30.2 Å². The highest BCUT2D eigenvalue weighted by Crippen LogP contribution is 2.21. The number of imide groups is 2. The van der Waals surface area contributed by atoms with Gasteiger partial charge in [0.05, 0.1) is 0 Å². The molecule has 2 fully saturated rings. The standard InChI is InChI=1S/C10H10N4O8.2C5H13N3/c1-2(13-3(7(17)18)5(15)11-9(13)21)14-4(8(19)20)6(16)12-10(14)22;2*1-7(2)5(6)8(3)4/h2-4H,1H3,(H,17,18)(H,19,20)(H,11,15,21)(H,12,16,22);2*6H,1-4H3. The Morgan fingerprint density at radius 1 is 0.684 bits per heavy atom. The van der Waals surface area contributed by atoms with Gasteiger partial charge in [-0.2, -0.15) is 0 Å². The molecule has 2 heterocycles. The summed E-state index contributed by atoms with van der Waals surface area (Å²) in [7, 11) is 14.8. The van der Waals surface area contributed by atoms with Crippen molar-refractivity contribution in [2.45, 2.75) is 25.2 Å². The maximum Gasteiger partial charge on any atom is 0.336 e. The molecule has 0 saturated carbocycles. The van der Waals surface area contributed by atoms with Crippen LogP contribution in [0, 0.1) is 10.8 Å². The number of rotatable bonds is 4. The molecule has 2 unspecified atom stereocenters. The summed E-state index contributed by atoms with van der Waals surface area (Å²) in [5.74, 6) is -4.53. The second-order valence-electron chi connectivity index (χ2n) is 8.74. The van der Waals surface area contributed by atoms with E-state index < -0.39 is 54.1 Å². The summed E-state index contributed by atoms with van der Waals surface area (Å²) in [6, 6.07) is -6.08. The van der Waals surface area contributed by atoms with E-state index >= 15 is 0 Å². The van der Waals surface area contributed by atoms with Crippen LogP contribution in [0.25, 0.3) is 0 Å². The van der Waals surface area contributed by atoms with Gasteiger partial charge in [0.2, 0.25) is 12.1 Å². The van der Waals surface area contributed by atoms with Crippen molar-refractivity contribution in [1.82, 2.24) is 40.0 Å². The SMILES string of the molecule is CC(N1C(=O)NC(=O)C1C(=O)O)N1C(=O)NC(=O)C1C(=O)O.CN(C)C(=N)N(C)C.CN(C)C(=N)N(C)C. The van der Waals surface area contributed by atoms with Crippen LogP contribution in [0.4, 0.5) is 9.59 Å². The first kappa shape index (κ1) is 33.4. The van der Waals surface area contributed by atoms with E-state index in [1.807, 2.05) is 56.4 Å². The lowest BCUT2D eigenvalue weighted by molar-refractivity contribution is -0.148. The van der Waals surface area contributed by atoms with E-state index in [1.165, 1.54) is 0 Å². The van der Waals surface area contributed by atoms with Crippen molar-refractivity contribution in [2.24, 2.45) is 0 Å². The van der Waals surface area contributed by atoms with Gasteiger partial charge in [0.25, 0.3) is 11.8 Å². The van der Waals surface area contributed by atoms with Crippen LogP contribution in [0.5, 0.6) is 0 Å². The lowest BCUT2D eigenvalue weighted by Crippen LogP contribution is -2.57. The fourth-order valence-electron chi connectivity index (χ4n) is 3.13. The van der Waals surface area contributed by atoms with Gasteiger partial charge in [0.15, 0.2) is 11.9 Å². The Morgan fingerprint density at radius 2 is 0.921 bits per heavy atom. The number of carboxylic acids is 2. The lowest BCUT2D eigenvalue weighted by atomic mass is 10.2. The van der Waals surface area contributed by atoms with Crippen molar-refractivity contribution >= 4 is 47.7 Å². The number of hydrogen-bond donors (Lipinski definition) is 6. The Kier molecular flexibility index (Phi) is 11.9. The van der Waals surface area contributed by atoms with Crippen LogP contribution in [0.2, 0.25) is 0 Å². The second-order valence-corrected chi connectivity index (χ2v) is 8.74. The smallest absolute Gasteiger partial charge is 0.336 e. The van der Waals surface area contributed by atoms with Gasteiger partial charge in [-0.25, -0.2) is 19.2 Å². The molecule has 18 nitrogen and oxygen atoms in total. The molecule has 2 atom stereocenters. The van der Waals surface area contributed by atoms with Gasteiger partial charge >= 0.3 is 24.0 Å². The van der Waals surface area contributed by atoms with E-state index in [0.717, 1.165) is 6.92 Å². The fourth-order valence-corrected chi connectivity index (χ4v) is 3.13. The third-order valence-electron chi connectivity index (χ3n) is 4.95. The molecule has 0 radical (unpaired) electrons. The molecule has 2 aliphatic rings. The van der Waals surface area contributed by atoms with E-state index in [0.29, 0.717) is 21.7 Å². The highest BCUT2D eigenvalue weighted by Gasteiger charge is 2.53. The first-order valence-electron chi connectivity index (χ1n) is 10.9. The average Bonchev–Trinajstić information content (AvgIpc) is 3.26. The van der Waals surface area contributed by atoms with Crippen LogP contribution >= 0.6 is 0 Å². The number of nitrogens with zero attached hydrogens (tertiary/aromatic N) is 6. The largest absolute Gasteiger partial charge is 0.479 e. The Labute approximate surface area is 219 Å². The number of carbonyl (C=O) groups excluding carboxylic acids is 4. The van der Waals surface area contributed by atoms with E-state index in [2.05, 4.69) is 0 Å². The van der Waals surface area contributed by atoms with Gasteiger partial charge in [-0.15, -0.1) is 0 Å². The molecule has 6 amide bonds. The summed E-state index contributed by atoms with van der Waals surface area (Å²) in [5, 5.41) is 36.0. The maximum absolute atomic E-state index is 11.7. The van der Waals surface area contributed by atoms with Gasteiger partial charge in [-0.3, -0.25) is 40.8 Å². The number of amides is 6. The number of hydrogen-bond acceptors (Lipinski definition) is 8. The van der Waals surface area contributed by atoms with Gasteiger partial charge in [0.1, 0.15) is 6.17 Å². The summed E-state index contributed by atoms with van der Waals surface area (Å²) in [6.45, 7) is 1.13. The number of nitrogens with one attached hydrogen (secondary N) is 4. The van der Waals surface area contributed by atoms with Crippen molar-refractivity contribution in [3.63, 3.8) is 0 Å². The monoisotopic (exact) mass is 544 g/mol. The first-order valence-corrected chi connectivity index (χ1v) is 10.9. The second kappa shape index (κ2) is 13.6. The van der Waals surface area contributed by atoms with E-state index in [-0.39, 0.29) is 0 Å². The van der Waals surface area contributed by atoms with Crippen LogP contribution in [0.1, 0.15) is 6.92 Å². The van der Waals surface area contributed by atoms with Crippen LogP contribution in [-0.4, -0.2) is 162 Å². The zero-order chi connectivity index (χ0) is 30.2. The van der Waals surface area contributed by atoms with Gasteiger partial charge in [-0.05, 0) is 6.92 Å². The molecule has 0 aromatic rings. The normalized spacial score (nSPS) is 18.7. The summed E-state index contributed by atoms with van der Waals surface area (Å²) in [4.78, 5) is 76.5. The predicted octanol–water partition coefficient (Wildman–Crippen LogP) is -2.57. The highest BCUT2D eigenvalue weighted by molar-refractivity contribution is 6.16. The number of guanidine groups is 2. The molecular formula is C20H36N10O8. The van der Waals surface area contributed by atoms with Crippen molar-refractivity contribution in [1.29, 1.82) is 10.8 Å². The minimum absolute atomic E-state index is 0.485. The van der Waals surface area contributed by atoms with Crippen molar-refractivity contribution in [2.75, 3.05) is 56.4 Å². The van der Waals surface area contributed by atoms with E-state index in [4.69, 9.17) is 21.0 Å². The van der Waals surface area contributed by atoms with Crippen LogP contribution in [0.15, 0.2) is 0 Å². The van der Waals surface area contributed by atoms with Gasteiger partial charge < -0.3 is 29.8 Å². The molecule has 0 aromatic carbocycles. The number of urea groups is 2. The molecule has 214 valence electrons. The van der Waals surface area contributed by atoms with Crippen LogP contribution in [0.3, 0.4) is 0 Å². The number of carboxylic acid groups (broad SMARTS) is 2. The molecule has 0 aromatic heterocycles. The third kappa shape index (κ3) is 8.20. The lowest BCUT2D eigenvalue weighted by Gasteiger charge is -2.33. The molecule has 2 saturated heterocycles. The molecular weight excluding hydrogens is 508 g/mol.